The van der Waals surface area contributed by atoms with Gasteiger partial charge in [0.25, 0.3) is 0 Å². The van der Waals surface area contributed by atoms with E-state index in [9.17, 15) is 0 Å². The third-order valence-electron chi connectivity index (χ3n) is 2.71. The average Bonchev–Trinajstić information content (AvgIpc) is 2.01. The highest BCUT2D eigenvalue weighted by atomic mass is 16.5. The van der Waals surface area contributed by atoms with Crippen molar-refractivity contribution < 1.29 is 4.74 Å². The van der Waals surface area contributed by atoms with Crippen LogP contribution in [0.2, 0.25) is 0 Å². The molecular weight excluding hydrogens is 162 g/mol. The fourth-order valence-corrected chi connectivity index (χ4v) is 1.94. The number of hydrogen-bond acceptors (Lipinski definition) is 2. The van der Waals surface area contributed by atoms with Crippen molar-refractivity contribution in [2.75, 3.05) is 6.54 Å². The largest absolute Gasteiger partial charge is 0.375 e. The van der Waals surface area contributed by atoms with Crippen molar-refractivity contribution in [3.8, 4) is 0 Å². The van der Waals surface area contributed by atoms with Gasteiger partial charge in [-0.15, -0.1) is 0 Å². The Balaban J connectivity index is 2.00. The van der Waals surface area contributed by atoms with Gasteiger partial charge in [0, 0.05) is 6.04 Å². The molecule has 78 valence electrons. The van der Waals surface area contributed by atoms with Crippen LogP contribution >= 0.6 is 0 Å². The third-order valence-corrected chi connectivity index (χ3v) is 2.71. The molecule has 0 aliphatic heterocycles. The molecule has 0 aromatic heterocycles. The molecule has 0 bridgehead atoms. The summed E-state index contributed by atoms with van der Waals surface area (Å²) in [5, 5.41) is 3.44. The fourth-order valence-electron chi connectivity index (χ4n) is 1.94. The van der Waals surface area contributed by atoms with Crippen LogP contribution in [0.5, 0.6) is 0 Å². The van der Waals surface area contributed by atoms with Crippen molar-refractivity contribution in [2.24, 2.45) is 0 Å². The van der Waals surface area contributed by atoms with E-state index in [1.54, 1.807) is 0 Å². The molecule has 1 atom stereocenters. The second-order valence-corrected chi connectivity index (χ2v) is 4.08. The molecule has 0 radical (unpaired) electrons. The summed E-state index contributed by atoms with van der Waals surface area (Å²) in [5.74, 6) is 0. The van der Waals surface area contributed by atoms with E-state index in [0.717, 1.165) is 12.6 Å². The summed E-state index contributed by atoms with van der Waals surface area (Å²) in [7, 11) is 0. The van der Waals surface area contributed by atoms with E-state index in [4.69, 9.17) is 4.74 Å². The van der Waals surface area contributed by atoms with E-state index in [0.29, 0.717) is 12.2 Å². The lowest BCUT2D eigenvalue weighted by Gasteiger charge is -2.37. The standard InChI is InChI=1S/C11H23NO/c1-4-6-9(3)13-11-7-10(8-11)12-5-2/h9-12H,4-8H2,1-3H3. The highest BCUT2D eigenvalue weighted by Crippen LogP contribution is 2.25. The van der Waals surface area contributed by atoms with Gasteiger partial charge >= 0.3 is 0 Å². The normalized spacial score (nSPS) is 29.8. The van der Waals surface area contributed by atoms with E-state index < -0.39 is 0 Å². The molecule has 2 nitrogen and oxygen atoms in total. The van der Waals surface area contributed by atoms with Crippen LogP contribution in [0.3, 0.4) is 0 Å². The molecule has 1 fully saturated rings. The maximum Gasteiger partial charge on any atom is 0.0608 e. The second-order valence-electron chi connectivity index (χ2n) is 4.08. The highest BCUT2D eigenvalue weighted by Gasteiger charge is 2.29. The predicted octanol–water partition coefficient (Wildman–Crippen LogP) is 2.33. The molecule has 0 heterocycles. The van der Waals surface area contributed by atoms with Crippen LogP contribution in [-0.2, 0) is 4.74 Å². The molecule has 0 aromatic rings. The first-order valence-electron chi connectivity index (χ1n) is 5.65. The summed E-state index contributed by atoms with van der Waals surface area (Å²) in [4.78, 5) is 0. The monoisotopic (exact) mass is 185 g/mol. The molecule has 2 heteroatoms. The Labute approximate surface area is 82.0 Å². The molecule has 0 aromatic carbocycles. The Hall–Kier alpha value is -0.0800. The smallest absolute Gasteiger partial charge is 0.0608 e. The van der Waals surface area contributed by atoms with Crippen LogP contribution < -0.4 is 5.32 Å². The van der Waals surface area contributed by atoms with E-state index >= 15 is 0 Å². The molecule has 13 heavy (non-hydrogen) atoms. The van der Waals surface area contributed by atoms with E-state index in [-0.39, 0.29) is 0 Å². The van der Waals surface area contributed by atoms with Gasteiger partial charge in [-0.05, 0) is 32.7 Å². The Morgan fingerprint density at radius 2 is 2.08 bits per heavy atom. The first kappa shape index (κ1) is 11.0. The maximum absolute atomic E-state index is 5.86. The minimum absolute atomic E-state index is 0.456. The Kier molecular flexibility index (Phi) is 4.74. The zero-order valence-electron chi connectivity index (χ0n) is 9.18. The predicted molar refractivity (Wildman–Crippen MR) is 55.9 cm³/mol. The lowest BCUT2D eigenvalue weighted by Crippen LogP contribution is -2.46. The fraction of sp³-hybridized carbons (Fsp3) is 1.00. The van der Waals surface area contributed by atoms with Gasteiger partial charge in [-0.1, -0.05) is 20.3 Å². The molecule has 1 rings (SSSR count). The number of hydrogen-bond donors (Lipinski definition) is 1. The van der Waals surface area contributed by atoms with Crippen molar-refractivity contribution in [1.29, 1.82) is 0 Å². The van der Waals surface area contributed by atoms with E-state index in [2.05, 4.69) is 26.1 Å². The summed E-state index contributed by atoms with van der Waals surface area (Å²) < 4.78 is 5.86. The molecule has 0 amide bonds. The summed E-state index contributed by atoms with van der Waals surface area (Å²) in [5.41, 5.74) is 0. The maximum atomic E-state index is 5.86. The number of ether oxygens (including phenoxy) is 1. The van der Waals surface area contributed by atoms with Crippen LogP contribution in [0.1, 0.15) is 46.5 Å². The van der Waals surface area contributed by atoms with Gasteiger partial charge < -0.3 is 10.1 Å². The minimum atomic E-state index is 0.456. The Morgan fingerprint density at radius 3 is 2.62 bits per heavy atom. The second kappa shape index (κ2) is 5.61. The van der Waals surface area contributed by atoms with Crippen LogP contribution in [0.15, 0.2) is 0 Å². The van der Waals surface area contributed by atoms with Gasteiger partial charge in [0.2, 0.25) is 0 Å². The lowest BCUT2D eigenvalue weighted by atomic mass is 9.89. The van der Waals surface area contributed by atoms with Gasteiger partial charge in [-0.2, -0.15) is 0 Å². The highest BCUT2D eigenvalue weighted by molar-refractivity contribution is 4.86. The summed E-state index contributed by atoms with van der Waals surface area (Å²) >= 11 is 0. The molecule has 0 spiro atoms. The molecule has 1 aliphatic rings. The lowest BCUT2D eigenvalue weighted by molar-refractivity contribution is -0.0595. The van der Waals surface area contributed by atoms with Crippen molar-refractivity contribution in [2.45, 2.75) is 64.7 Å². The van der Waals surface area contributed by atoms with E-state index in [1.807, 2.05) is 0 Å². The zero-order valence-corrected chi connectivity index (χ0v) is 9.18. The summed E-state index contributed by atoms with van der Waals surface area (Å²) in [6.45, 7) is 7.64. The van der Waals surface area contributed by atoms with Crippen LogP contribution in [0.4, 0.5) is 0 Å². The van der Waals surface area contributed by atoms with Gasteiger partial charge in [-0.25, -0.2) is 0 Å². The molecule has 1 N–H and O–H groups in total. The Bertz CT molecular complexity index is 132. The Morgan fingerprint density at radius 1 is 1.38 bits per heavy atom. The SMILES string of the molecule is CCCC(C)OC1CC(NCC)C1. The molecule has 1 saturated carbocycles. The van der Waals surface area contributed by atoms with Crippen LogP contribution in [0, 0.1) is 0 Å². The minimum Gasteiger partial charge on any atom is -0.375 e. The molecule has 1 aliphatic carbocycles. The van der Waals surface area contributed by atoms with E-state index in [1.165, 1.54) is 25.7 Å². The zero-order chi connectivity index (χ0) is 9.68. The number of nitrogens with one attached hydrogen (secondary N) is 1. The van der Waals surface area contributed by atoms with Crippen molar-refractivity contribution in [1.82, 2.24) is 5.32 Å². The van der Waals surface area contributed by atoms with Gasteiger partial charge in [0.15, 0.2) is 0 Å². The first-order chi connectivity index (χ1) is 6.26. The summed E-state index contributed by atoms with van der Waals surface area (Å²) in [6, 6.07) is 0.726. The van der Waals surface area contributed by atoms with Gasteiger partial charge in [-0.3, -0.25) is 0 Å². The van der Waals surface area contributed by atoms with Crippen molar-refractivity contribution in [3.05, 3.63) is 0 Å². The van der Waals surface area contributed by atoms with Crippen molar-refractivity contribution >= 4 is 0 Å². The van der Waals surface area contributed by atoms with Crippen LogP contribution in [0.25, 0.3) is 0 Å². The third kappa shape index (κ3) is 3.65. The topological polar surface area (TPSA) is 21.3 Å². The quantitative estimate of drug-likeness (QED) is 0.685. The van der Waals surface area contributed by atoms with Crippen molar-refractivity contribution in [3.63, 3.8) is 0 Å². The summed E-state index contributed by atoms with van der Waals surface area (Å²) in [6.07, 6.45) is 5.83. The molecule has 1 unspecified atom stereocenters. The van der Waals surface area contributed by atoms with Gasteiger partial charge in [0.05, 0.1) is 12.2 Å². The number of rotatable bonds is 6. The van der Waals surface area contributed by atoms with Crippen LogP contribution in [-0.4, -0.2) is 24.8 Å². The molecular formula is C11H23NO. The van der Waals surface area contributed by atoms with Gasteiger partial charge in [0.1, 0.15) is 0 Å². The molecule has 0 saturated heterocycles. The average molecular weight is 185 g/mol. The first-order valence-corrected chi connectivity index (χ1v) is 5.65.